The lowest BCUT2D eigenvalue weighted by Gasteiger charge is -2.45. The molecular formula is C26H32N6O3. The summed E-state index contributed by atoms with van der Waals surface area (Å²) in [6, 6.07) is 7.52. The molecule has 2 aliphatic rings. The van der Waals surface area contributed by atoms with Crippen LogP contribution in [0.5, 0.6) is 17.4 Å². The second kappa shape index (κ2) is 8.64. The average molecular weight is 477 g/mol. The van der Waals surface area contributed by atoms with Crippen LogP contribution < -0.4 is 19.7 Å². The highest BCUT2D eigenvalue weighted by Gasteiger charge is 2.49. The van der Waals surface area contributed by atoms with E-state index in [4.69, 9.17) is 9.47 Å². The van der Waals surface area contributed by atoms with E-state index < -0.39 is 0 Å². The third kappa shape index (κ3) is 4.36. The van der Waals surface area contributed by atoms with Crippen LogP contribution in [0.3, 0.4) is 0 Å². The van der Waals surface area contributed by atoms with Crippen LogP contribution in [0, 0.1) is 0 Å². The van der Waals surface area contributed by atoms with Crippen molar-refractivity contribution in [1.82, 2.24) is 25.5 Å². The Balaban J connectivity index is 1.35. The van der Waals surface area contributed by atoms with Crippen LogP contribution in [-0.2, 0) is 0 Å². The number of fused-ring (bicyclic) bond motifs is 2. The molecule has 2 bridgehead atoms. The summed E-state index contributed by atoms with van der Waals surface area (Å²) in [5, 5.41) is 23.3. The molecule has 3 aromatic rings. The number of aromatic nitrogens is 4. The van der Waals surface area contributed by atoms with Gasteiger partial charge in [-0.1, -0.05) is 6.07 Å². The maximum absolute atomic E-state index is 10.7. The lowest BCUT2D eigenvalue weighted by Crippen LogP contribution is -2.58. The highest BCUT2D eigenvalue weighted by atomic mass is 16.5. The number of hydrogen-bond donors (Lipinski definition) is 2. The van der Waals surface area contributed by atoms with E-state index in [1.165, 1.54) is 12.8 Å². The first-order valence-corrected chi connectivity index (χ1v) is 11.9. The number of aromatic hydroxyl groups is 1. The topological polar surface area (TPSA) is 106 Å². The van der Waals surface area contributed by atoms with Gasteiger partial charge in [0.15, 0.2) is 17.4 Å². The lowest BCUT2D eigenvalue weighted by atomic mass is 9.84. The number of benzene rings is 1. The number of piperidine rings is 1. The Bertz CT molecular complexity index is 1220. The summed E-state index contributed by atoms with van der Waals surface area (Å²) in [4.78, 5) is 11.0. The second-order valence-corrected chi connectivity index (χ2v) is 10.2. The van der Waals surface area contributed by atoms with Crippen molar-refractivity contribution in [3.63, 3.8) is 0 Å². The molecule has 2 aromatic heterocycles. The van der Waals surface area contributed by atoms with E-state index >= 15 is 0 Å². The fourth-order valence-electron chi connectivity index (χ4n) is 5.63. The number of hydrogen-bond acceptors (Lipinski definition) is 9. The normalized spacial score (nSPS) is 25.3. The average Bonchev–Trinajstić information content (AvgIpc) is 3.09. The zero-order valence-electron chi connectivity index (χ0n) is 20.9. The Kier molecular flexibility index (Phi) is 5.75. The summed E-state index contributed by atoms with van der Waals surface area (Å²) in [7, 11) is 5.17. The largest absolute Gasteiger partial charge is 0.507 e. The molecule has 2 fully saturated rings. The van der Waals surface area contributed by atoms with Crippen LogP contribution in [-0.4, -0.2) is 63.7 Å². The molecule has 3 atom stereocenters. The molecule has 1 aromatic carbocycles. The van der Waals surface area contributed by atoms with Crippen LogP contribution >= 0.6 is 0 Å². The van der Waals surface area contributed by atoms with Crippen LogP contribution in [0.1, 0.15) is 39.5 Å². The smallest absolute Gasteiger partial charge is 0.256 e. The number of nitrogens with zero attached hydrogens (tertiary/aromatic N) is 5. The van der Waals surface area contributed by atoms with Crippen molar-refractivity contribution in [1.29, 1.82) is 0 Å². The molecule has 0 spiro atoms. The number of anilines is 1. The molecule has 184 valence electrons. The van der Waals surface area contributed by atoms with E-state index in [0.29, 0.717) is 29.1 Å². The molecule has 2 N–H and O–H groups in total. The van der Waals surface area contributed by atoms with Gasteiger partial charge in [0.05, 0.1) is 26.0 Å². The number of methoxy groups -OCH3 is 2. The number of rotatable bonds is 6. The Morgan fingerprint density at radius 2 is 1.71 bits per heavy atom. The molecule has 0 aliphatic carbocycles. The molecule has 9 heteroatoms. The first-order chi connectivity index (χ1) is 16.7. The van der Waals surface area contributed by atoms with Gasteiger partial charge in [0.1, 0.15) is 5.75 Å². The van der Waals surface area contributed by atoms with Gasteiger partial charge in [-0.05, 0) is 63.3 Å². The summed E-state index contributed by atoms with van der Waals surface area (Å²) < 4.78 is 10.5. The minimum absolute atomic E-state index is 0.0657. The van der Waals surface area contributed by atoms with Gasteiger partial charge < -0.3 is 24.8 Å². The van der Waals surface area contributed by atoms with E-state index in [1.54, 1.807) is 38.7 Å². The molecule has 2 aliphatic heterocycles. The number of phenols is 1. The van der Waals surface area contributed by atoms with Gasteiger partial charge in [0.2, 0.25) is 0 Å². The van der Waals surface area contributed by atoms with Crippen molar-refractivity contribution in [2.75, 3.05) is 26.2 Å². The molecule has 35 heavy (non-hydrogen) atoms. The molecule has 2 saturated heterocycles. The monoisotopic (exact) mass is 476 g/mol. The molecule has 9 nitrogen and oxygen atoms in total. The molecule has 5 rings (SSSR count). The van der Waals surface area contributed by atoms with Crippen molar-refractivity contribution in [3.8, 4) is 39.9 Å². The number of phenolic OH excluding ortho intramolecular Hbond substituents is 1. The second-order valence-electron chi connectivity index (χ2n) is 10.2. The van der Waals surface area contributed by atoms with E-state index in [2.05, 4.69) is 51.3 Å². The lowest BCUT2D eigenvalue weighted by molar-refractivity contribution is 0.207. The van der Waals surface area contributed by atoms with Crippen molar-refractivity contribution >= 4 is 5.82 Å². The Morgan fingerprint density at radius 3 is 2.31 bits per heavy atom. The SMILES string of the molecule is COc1cc(-c2ccc(-c3ncc(N(C)C4C[C@]5(C)CC[C@](C)(C4)N5)nn3)c(O)c2)cnc1OC. The summed E-state index contributed by atoms with van der Waals surface area (Å²) in [6.07, 6.45) is 7.94. The fourth-order valence-corrected chi connectivity index (χ4v) is 5.63. The van der Waals surface area contributed by atoms with E-state index in [0.717, 1.165) is 29.8 Å². The van der Waals surface area contributed by atoms with Gasteiger partial charge in [0, 0.05) is 35.9 Å². The zero-order valence-corrected chi connectivity index (χ0v) is 20.9. The van der Waals surface area contributed by atoms with Crippen LogP contribution in [0.15, 0.2) is 36.7 Å². The first kappa shape index (κ1) is 23.3. The van der Waals surface area contributed by atoms with E-state index in [-0.39, 0.29) is 16.8 Å². The highest BCUT2D eigenvalue weighted by molar-refractivity contribution is 5.73. The van der Waals surface area contributed by atoms with Crippen molar-refractivity contribution in [2.45, 2.75) is 56.7 Å². The molecule has 0 radical (unpaired) electrons. The summed E-state index contributed by atoms with van der Waals surface area (Å²) in [5.74, 6) is 2.10. The summed E-state index contributed by atoms with van der Waals surface area (Å²) in [6.45, 7) is 4.63. The first-order valence-electron chi connectivity index (χ1n) is 11.9. The van der Waals surface area contributed by atoms with Crippen LogP contribution in [0.25, 0.3) is 22.5 Å². The summed E-state index contributed by atoms with van der Waals surface area (Å²) in [5.41, 5.74) is 2.43. The van der Waals surface area contributed by atoms with Crippen molar-refractivity contribution < 1.29 is 14.6 Å². The van der Waals surface area contributed by atoms with Crippen molar-refractivity contribution in [3.05, 3.63) is 36.7 Å². The molecule has 0 saturated carbocycles. The van der Waals surface area contributed by atoms with Gasteiger partial charge in [-0.15, -0.1) is 10.2 Å². The Hall–Kier alpha value is -3.46. The number of nitrogens with one attached hydrogen (secondary N) is 1. The minimum atomic E-state index is 0.0657. The van der Waals surface area contributed by atoms with Gasteiger partial charge in [0.25, 0.3) is 5.88 Å². The minimum Gasteiger partial charge on any atom is -0.507 e. The quantitative estimate of drug-likeness (QED) is 0.549. The Morgan fingerprint density at radius 1 is 0.971 bits per heavy atom. The predicted molar refractivity (Wildman–Crippen MR) is 134 cm³/mol. The molecular weight excluding hydrogens is 444 g/mol. The third-order valence-corrected chi connectivity index (χ3v) is 7.47. The highest BCUT2D eigenvalue weighted by Crippen LogP contribution is 2.43. The number of ether oxygens (including phenoxy) is 2. The maximum Gasteiger partial charge on any atom is 0.256 e. The predicted octanol–water partition coefficient (Wildman–Crippen LogP) is 3.82. The zero-order chi connectivity index (χ0) is 24.8. The van der Waals surface area contributed by atoms with Gasteiger partial charge in [-0.2, -0.15) is 0 Å². The Labute approximate surface area is 205 Å². The molecule has 4 heterocycles. The third-order valence-electron chi connectivity index (χ3n) is 7.47. The number of pyridine rings is 1. The van der Waals surface area contributed by atoms with Gasteiger partial charge in [-0.25, -0.2) is 9.97 Å². The summed E-state index contributed by atoms with van der Waals surface area (Å²) >= 11 is 0. The van der Waals surface area contributed by atoms with Crippen molar-refractivity contribution in [2.24, 2.45) is 0 Å². The van der Waals surface area contributed by atoms with E-state index in [9.17, 15) is 5.11 Å². The molecule has 0 amide bonds. The maximum atomic E-state index is 10.7. The van der Waals surface area contributed by atoms with Crippen LogP contribution in [0.2, 0.25) is 0 Å². The van der Waals surface area contributed by atoms with Crippen LogP contribution in [0.4, 0.5) is 5.82 Å². The fraction of sp³-hybridized carbons (Fsp3) is 0.462. The van der Waals surface area contributed by atoms with E-state index in [1.807, 2.05) is 12.1 Å². The van der Waals surface area contributed by atoms with Gasteiger partial charge in [-0.3, -0.25) is 0 Å². The molecule has 1 unspecified atom stereocenters. The standard InChI is InChI=1S/C26H32N6O3/c1-25-8-9-26(2,31-25)13-18(12-25)32(3)22-15-27-23(30-29-22)19-7-6-16(10-20(19)33)17-11-21(34-4)24(35-5)28-14-17/h6-7,10-11,14-15,18,31,33H,8-9,12-13H2,1-5H3/t18?,25-,26+. The van der Waals surface area contributed by atoms with Gasteiger partial charge >= 0.3 is 0 Å².